The predicted molar refractivity (Wildman–Crippen MR) is 77.7 cm³/mol. The third-order valence-corrected chi connectivity index (χ3v) is 3.13. The Morgan fingerprint density at radius 2 is 1.75 bits per heavy atom. The molecule has 0 saturated carbocycles. The molecule has 2 N–H and O–H groups in total. The van der Waals surface area contributed by atoms with E-state index in [1.165, 1.54) is 6.92 Å². The lowest BCUT2D eigenvalue weighted by molar-refractivity contribution is -0.126. The summed E-state index contributed by atoms with van der Waals surface area (Å²) >= 11 is 0. The molecule has 2 amide bonds. The number of benzene rings is 1. The quantitative estimate of drug-likeness (QED) is 0.769. The summed E-state index contributed by atoms with van der Waals surface area (Å²) in [5.41, 5.74) is 0.127. The highest BCUT2D eigenvalue weighted by Crippen LogP contribution is 2.31. The second-order valence-electron chi connectivity index (χ2n) is 5.06. The minimum absolute atomic E-state index is 0.104. The maximum absolute atomic E-state index is 12.3. The van der Waals surface area contributed by atoms with Gasteiger partial charge in [0.15, 0.2) is 0 Å². The highest BCUT2D eigenvalue weighted by molar-refractivity contribution is 5.88. The van der Waals surface area contributed by atoms with Gasteiger partial charge in [0.25, 0.3) is 0 Å². The van der Waals surface area contributed by atoms with Crippen molar-refractivity contribution in [1.82, 2.24) is 10.6 Å². The summed E-state index contributed by atoms with van der Waals surface area (Å²) in [6.07, 6.45) is 0. The first-order valence-electron chi connectivity index (χ1n) is 6.56. The molecule has 0 bridgehead atoms. The van der Waals surface area contributed by atoms with E-state index < -0.39 is 5.41 Å². The Bertz CT molecular complexity index is 484. The van der Waals surface area contributed by atoms with Crippen molar-refractivity contribution in [3.05, 3.63) is 29.8 Å². The summed E-state index contributed by atoms with van der Waals surface area (Å²) in [7, 11) is 1.59. The largest absolute Gasteiger partial charge is 0.496 e. The first-order chi connectivity index (χ1) is 9.39. The minimum atomic E-state index is -0.706. The molecule has 0 unspecified atom stereocenters. The Labute approximate surface area is 119 Å². The summed E-state index contributed by atoms with van der Waals surface area (Å²) in [5, 5.41) is 5.46. The molecular formula is C15H22N2O3. The molecule has 0 heterocycles. The van der Waals surface area contributed by atoms with Crippen LogP contribution in [0, 0.1) is 0 Å². The van der Waals surface area contributed by atoms with Crippen molar-refractivity contribution in [2.75, 3.05) is 20.2 Å². The average molecular weight is 278 g/mol. The molecule has 0 atom stereocenters. The summed E-state index contributed by atoms with van der Waals surface area (Å²) in [5.74, 6) is 0.477. The van der Waals surface area contributed by atoms with E-state index in [1.807, 2.05) is 38.1 Å². The molecule has 0 fully saturated rings. The number of carbonyl (C=O) groups excluding carboxylic acids is 2. The standard InChI is InChI=1S/C15H22N2O3/c1-11(18)16-9-10-17-14(19)15(2,3)12-7-5-6-8-13(12)20-4/h5-8H,9-10H2,1-4H3,(H,16,18)(H,17,19). The number of hydrogen-bond donors (Lipinski definition) is 2. The van der Waals surface area contributed by atoms with Crippen molar-refractivity contribution >= 4 is 11.8 Å². The van der Waals surface area contributed by atoms with Gasteiger partial charge >= 0.3 is 0 Å². The molecule has 110 valence electrons. The Kier molecular flexibility index (Phi) is 5.55. The van der Waals surface area contributed by atoms with Crippen LogP contribution in [-0.4, -0.2) is 32.0 Å². The molecular weight excluding hydrogens is 256 g/mol. The SMILES string of the molecule is COc1ccccc1C(C)(C)C(=O)NCCNC(C)=O. The summed E-state index contributed by atoms with van der Waals surface area (Å²) in [6, 6.07) is 7.46. The van der Waals surface area contributed by atoms with Crippen LogP contribution in [0.2, 0.25) is 0 Å². The maximum atomic E-state index is 12.3. The van der Waals surface area contributed by atoms with Gasteiger partial charge in [-0.1, -0.05) is 18.2 Å². The number of para-hydroxylation sites is 1. The fourth-order valence-corrected chi connectivity index (χ4v) is 1.92. The Balaban J connectivity index is 2.72. The van der Waals surface area contributed by atoms with E-state index in [4.69, 9.17) is 4.74 Å². The normalized spacial score (nSPS) is 10.8. The van der Waals surface area contributed by atoms with E-state index in [0.29, 0.717) is 18.8 Å². The van der Waals surface area contributed by atoms with E-state index in [1.54, 1.807) is 7.11 Å². The van der Waals surface area contributed by atoms with Crippen molar-refractivity contribution in [2.24, 2.45) is 0 Å². The smallest absolute Gasteiger partial charge is 0.230 e. The zero-order valence-electron chi connectivity index (χ0n) is 12.4. The van der Waals surface area contributed by atoms with Crippen LogP contribution in [0.15, 0.2) is 24.3 Å². The average Bonchev–Trinajstić information content (AvgIpc) is 2.42. The zero-order chi connectivity index (χ0) is 15.2. The third-order valence-electron chi connectivity index (χ3n) is 3.13. The van der Waals surface area contributed by atoms with Crippen LogP contribution in [0.25, 0.3) is 0 Å². The fourth-order valence-electron chi connectivity index (χ4n) is 1.92. The van der Waals surface area contributed by atoms with Crippen LogP contribution in [0.1, 0.15) is 26.3 Å². The van der Waals surface area contributed by atoms with Crippen molar-refractivity contribution in [3.8, 4) is 5.75 Å². The predicted octanol–water partition coefficient (Wildman–Crippen LogP) is 1.23. The van der Waals surface area contributed by atoms with Crippen molar-refractivity contribution in [3.63, 3.8) is 0 Å². The lowest BCUT2D eigenvalue weighted by atomic mass is 9.83. The van der Waals surface area contributed by atoms with E-state index in [0.717, 1.165) is 5.56 Å². The summed E-state index contributed by atoms with van der Waals surface area (Å²) in [6.45, 7) is 5.96. The maximum Gasteiger partial charge on any atom is 0.230 e. The molecule has 0 aliphatic rings. The first kappa shape index (κ1) is 16.0. The second kappa shape index (κ2) is 6.93. The highest BCUT2D eigenvalue weighted by atomic mass is 16.5. The lowest BCUT2D eigenvalue weighted by Gasteiger charge is -2.26. The number of amides is 2. The molecule has 0 aliphatic carbocycles. The highest BCUT2D eigenvalue weighted by Gasteiger charge is 2.32. The van der Waals surface area contributed by atoms with Gasteiger partial charge in [0, 0.05) is 25.6 Å². The van der Waals surface area contributed by atoms with E-state index in [9.17, 15) is 9.59 Å². The van der Waals surface area contributed by atoms with Crippen molar-refractivity contribution in [1.29, 1.82) is 0 Å². The van der Waals surface area contributed by atoms with E-state index in [-0.39, 0.29) is 11.8 Å². The van der Waals surface area contributed by atoms with Gasteiger partial charge in [-0.2, -0.15) is 0 Å². The summed E-state index contributed by atoms with van der Waals surface area (Å²) < 4.78 is 5.30. The van der Waals surface area contributed by atoms with Crippen LogP contribution >= 0.6 is 0 Å². The monoisotopic (exact) mass is 278 g/mol. The second-order valence-corrected chi connectivity index (χ2v) is 5.06. The van der Waals surface area contributed by atoms with Gasteiger partial charge in [0.05, 0.1) is 12.5 Å². The third kappa shape index (κ3) is 3.98. The molecule has 5 heteroatoms. The summed E-state index contributed by atoms with van der Waals surface area (Å²) in [4.78, 5) is 23.0. The Hall–Kier alpha value is -2.04. The Morgan fingerprint density at radius 1 is 1.15 bits per heavy atom. The molecule has 1 aromatic carbocycles. The van der Waals surface area contributed by atoms with Gasteiger partial charge in [0.2, 0.25) is 11.8 Å². The topological polar surface area (TPSA) is 67.4 Å². The molecule has 0 aliphatic heterocycles. The van der Waals surface area contributed by atoms with Crippen LogP contribution in [0.4, 0.5) is 0 Å². The number of ether oxygens (including phenoxy) is 1. The van der Waals surface area contributed by atoms with Gasteiger partial charge < -0.3 is 15.4 Å². The molecule has 1 rings (SSSR count). The van der Waals surface area contributed by atoms with Crippen LogP contribution in [0.3, 0.4) is 0 Å². The van der Waals surface area contributed by atoms with Gasteiger partial charge in [-0.05, 0) is 19.9 Å². The molecule has 0 saturated heterocycles. The van der Waals surface area contributed by atoms with Gasteiger partial charge in [-0.3, -0.25) is 9.59 Å². The first-order valence-corrected chi connectivity index (χ1v) is 6.56. The molecule has 20 heavy (non-hydrogen) atoms. The van der Waals surface area contributed by atoms with Crippen molar-refractivity contribution < 1.29 is 14.3 Å². The number of rotatable bonds is 6. The molecule has 5 nitrogen and oxygen atoms in total. The van der Waals surface area contributed by atoms with Crippen LogP contribution in [-0.2, 0) is 15.0 Å². The van der Waals surface area contributed by atoms with Gasteiger partial charge in [-0.15, -0.1) is 0 Å². The van der Waals surface area contributed by atoms with E-state index in [2.05, 4.69) is 10.6 Å². The molecule has 0 aromatic heterocycles. The zero-order valence-corrected chi connectivity index (χ0v) is 12.4. The van der Waals surface area contributed by atoms with Gasteiger partial charge in [0.1, 0.15) is 5.75 Å². The fraction of sp³-hybridized carbons (Fsp3) is 0.467. The van der Waals surface area contributed by atoms with Gasteiger partial charge in [-0.25, -0.2) is 0 Å². The van der Waals surface area contributed by atoms with E-state index >= 15 is 0 Å². The molecule has 1 aromatic rings. The van der Waals surface area contributed by atoms with Crippen molar-refractivity contribution in [2.45, 2.75) is 26.2 Å². The molecule has 0 spiro atoms. The number of hydrogen-bond acceptors (Lipinski definition) is 3. The molecule has 0 radical (unpaired) electrons. The van der Waals surface area contributed by atoms with Crippen LogP contribution in [0.5, 0.6) is 5.75 Å². The minimum Gasteiger partial charge on any atom is -0.496 e. The number of methoxy groups -OCH3 is 1. The lowest BCUT2D eigenvalue weighted by Crippen LogP contribution is -2.43. The number of nitrogens with one attached hydrogen (secondary N) is 2. The van der Waals surface area contributed by atoms with Crippen LogP contribution < -0.4 is 15.4 Å². The number of carbonyl (C=O) groups is 2. The Morgan fingerprint density at radius 3 is 2.35 bits per heavy atom.